The van der Waals surface area contributed by atoms with Crippen molar-refractivity contribution in [1.29, 1.82) is 0 Å². The van der Waals surface area contributed by atoms with E-state index in [0.717, 1.165) is 26.3 Å². The van der Waals surface area contributed by atoms with Crippen molar-refractivity contribution in [2.75, 3.05) is 33.4 Å². The summed E-state index contributed by atoms with van der Waals surface area (Å²) in [6, 6.07) is 0. The zero-order valence-electron chi connectivity index (χ0n) is 11.8. The van der Waals surface area contributed by atoms with E-state index in [2.05, 4.69) is 19.2 Å². The molecule has 1 N–H and O–H groups in total. The molecule has 1 heterocycles. The van der Waals surface area contributed by atoms with Crippen LogP contribution in [0.2, 0.25) is 0 Å². The second-order valence-corrected chi connectivity index (χ2v) is 5.57. The largest absolute Gasteiger partial charge is 0.383 e. The number of ether oxygens (including phenoxy) is 2. The fourth-order valence-electron chi connectivity index (χ4n) is 2.79. The highest BCUT2D eigenvalue weighted by Gasteiger charge is 2.29. The zero-order chi connectivity index (χ0) is 12.6. The standard InChI is InChI=1S/C14H29NO2/c1-4-7-14(2,12-15-8-10-16-3)11-13-6-5-9-17-13/h13,15H,4-12H2,1-3H3. The van der Waals surface area contributed by atoms with E-state index >= 15 is 0 Å². The Labute approximate surface area is 106 Å². The maximum absolute atomic E-state index is 5.77. The third-order valence-electron chi connectivity index (χ3n) is 3.63. The Morgan fingerprint density at radius 3 is 2.88 bits per heavy atom. The van der Waals surface area contributed by atoms with Crippen LogP contribution in [0.3, 0.4) is 0 Å². The summed E-state index contributed by atoms with van der Waals surface area (Å²) in [6.45, 7) is 8.43. The van der Waals surface area contributed by atoms with E-state index in [-0.39, 0.29) is 0 Å². The lowest BCUT2D eigenvalue weighted by Crippen LogP contribution is -2.36. The van der Waals surface area contributed by atoms with Gasteiger partial charge < -0.3 is 14.8 Å². The summed E-state index contributed by atoms with van der Waals surface area (Å²) >= 11 is 0. The van der Waals surface area contributed by atoms with Gasteiger partial charge in [-0.1, -0.05) is 20.3 Å². The highest BCUT2D eigenvalue weighted by atomic mass is 16.5. The first-order chi connectivity index (χ1) is 8.20. The maximum atomic E-state index is 5.77. The van der Waals surface area contributed by atoms with Gasteiger partial charge >= 0.3 is 0 Å². The van der Waals surface area contributed by atoms with Gasteiger partial charge in [-0.15, -0.1) is 0 Å². The fourth-order valence-corrected chi connectivity index (χ4v) is 2.79. The molecule has 0 aliphatic carbocycles. The molecule has 0 saturated carbocycles. The zero-order valence-corrected chi connectivity index (χ0v) is 11.8. The molecule has 1 aliphatic heterocycles. The van der Waals surface area contributed by atoms with Crippen molar-refractivity contribution in [1.82, 2.24) is 5.32 Å². The van der Waals surface area contributed by atoms with Crippen LogP contribution in [0.4, 0.5) is 0 Å². The Hall–Kier alpha value is -0.120. The van der Waals surface area contributed by atoms with Crippen molar-refractivity contribution in [2.45, 2.75) is 52.1 Å². The Morgan fingerprint density at radius 2 is 2.29 bits per heavy atom. The molecule has 1 aliphatic rings. The van der Waals surface area contributed by atoms with Crippen LogP contribution in [0.15, 0.2) is 0 Å². The monoisotopic (exact) mass is 243 g/mol. The van der Waals surface area contributed by atoms with Gasteiger partial charge in [0.2, 0.25) is 0 Å². The van der Waals surface area contributed by atoms with Gasteiger partial charge in [0.15, 0.2) is 0 Å². The first kappa shape index (κ1) is 14.9. The van der Waals surface area contributed by atoms with Crippen LogP contribution in [-0.2, 0) is 9.47 Å². The summed E-state index contributed by atoms with van der Waals surface area (Å²) in [4.78, 5) is 0. The average molecular weight is 243 g/mol. The van der Waals surface area contributed by atoms with Crippen LogP contribution in [0.25, 0.3) is 0 Å². The summed E-state index contributed by atoms with van der Waals surface area (Å²) in [6.07, 6.45) is 6.69. The second kappa shape index (κ2) is 8.06. The highest BCUT2D eigenvalue weighted by molar-refractivity contribution is 4.82. The number of rotatable bonds is 9. The van der Waals surface area contributed by atoms with E-state index in [1.807, 2.05) is 0 Å². The lowest BCUT2D eigenvalue weighted by Gasteiger charge is -2.32. The molecular weight excluding hydrogens is 214 g/mol. The fraction of sp³-hybridized carbons (Fsp3) is 1.00. The Morgan fingerprint density at radius 1 is 1.47 bits per heavy atom. The van der Waals surface area contributed by atoms with Crippen molar-refractivity contribution in [3.63, 3.8) is 0 Å². The first-order valence-electron chi connectivity index (χ1n) is 7.01. The molecule has 0 aromatic rings. The van der Waals surface area contributed by atoms with Crippen LogP contribution in [0.1, 0.15) is 46.0 Å². The molecule has 2 atom stereocenters. The SMILES string of the molecule is CCCC(C)(CNCCOC)CC1CCCO1. The molecule has 0 bridgehead atoms. The van der Waals surface area contributed by atoms with E-state index in [1.165, 1.54) is 32.1 Å². The molecule has 0 radical (unpaired) electrons. The van der Waals surface area contributed by atoms with E-state index < -0.39 is 0 Å². The number of hydrogen-bond acceptors (Lipinski definition) is 3. The molecule has 1 rings (SSSR count). The Bertz CT molecular complexity index is 193. The molecule has 0 aromatic carbocycles. The van der Waals surface area contributed by atoms with Gasteiger partial charge in [0.25, 0.3) is 0 Å². The molecule has 1 saturated heterocycles. The highest BCUT2D eigenvalue weighted by Crippen LogP contribution is 2.32. The molecule has 0 aromatic heterocycles. The van der Waals surface area contributed by atoms with E-state index in [0.29, 0.717) is 11.5 Å². The summed E-state index contributed by atoms with van der Waals surface area (Å²) < 4.78 is 10.8. The predicted octanol–water partition coefficient (Wildman–Crippen LogP) is 2.60. The first-order valence-corrected chi connectivity index (χ1v) is 7.01. The summed E-state index contributed by atoms with van der Waals surface area (Å²) in [5.74, 6) is 0. The van der Waals surface area contributed by atoms with Crippen molar-refractivity contribution >= 4 is 0 Å². The van der Waals surface area contributed by atoms with Gasteiger partial charge in [-0.25, -0.2) is 0 Å². The van der Waals surface area contributed by atoms with Gasteiger partial charge in [-0.3, -0.25) is 0 Å². The quantitative estimate of drug-likeness (QED) is 0.631. The molecule has 3 nitrogen and oxygen atoms in total. The molecule has 0 spiro atoms. The number of hydrogen-bond donors (Lipinski definition) is 1. The predicted molar refractivity (Wildman–Crippen MR) is 71.4 cm³/mol. The molecule has 0 amide bonds. The van der Waals surface area contributed by atoms with Crippen LogP contribution in [0.5, 0.6) is 0 Å². The van der Waals surface area contributed by atoms with Crippen LogP contribution >= 0.6 is 0 Å². The van der Waals surface area contributed by atoms with Gasteiger partial charge in [0.1, 0.15) is 0 Å². The molecule has 3 heteroatoms. The molecule has 17 heavy (non-hydrogen) atoms. The minimum Gasteiger partial charge on any atom is -0.383 e. The maximum Gasteiger partial charge on any atom is 0.0587 e. The topological polar surface area (TPSA) is 30.5 Å². The number of methoxy groups -OCH3 is 1. The summed E-state index contributed by atoms with van der Waals surface area (Å²) in [5.41, 5.74) is 0.373. The van der Waals surface area contributed by atoms with Crippen molar-refractivity contribution in [3.8, 4) is 0 Å². The molecule has 1 fully saturated rings. The lowest BCUT2D eigenvalue weighted by atomic mass is 9.79. The third-order valence-corrected chi connectivity index (χ3v) is 3.63. The van der Waals surface area contributed by atoms with Crippen LogP contribution in [0, 0.1) is 5.41 Å². The molecule has 2 unspecified atom stereocenters. The summed E-state index contributed by atoms with van der Waals surface area (Å²) in [7, 11) is 1.75. The van der Waals surface area contributed by atoms with E-state index in [4.69, 9.17) is 9.47 Å². The van der Waals surface area contributed by atoms with Gasteiger partial charge in [-0.05, 0) is 31.1 Å². The third kappa shape index (κ3) is 5.84. The van der Waals surface area contributed by atoms with Gasteiger partial charge in [-0.2, -0.15) is 0 Å². The van der Waals surface area contributed by atoms with Gasteiger partial charge in [0.05, 0.1) is 12.7 Å². The molecular formula is C14H29NO2. The van der Waals surface area contributed by atoms with Gasteiger partial charge in [0, 0.05) is 26.8 Å². The van der Waals surface area contributed by atoms with E-state index in [9.17, 15) is 0 Å². The normalized spacial score (nSPS) is 23.8. The smallest absolute Gasteiger partial charge is 0.0587 e. The molecule has 102 valence electrons. The van der Waals surface area contributed by atoms with Crippen molar-refractivity contribution < 1.29 is 9.47 Å². The average Bonchev–Trinajstić information content (AvgIpc) is 2.77. The van der Waals surface area contributed by atoms with Crippen LogP contribution in [-0.4, -0.2) is 39.5 Å². The summed E-state index contributed by atoms with van der Waals surface area (Å²) in [5, 5.41) is 3.51. The van der Waals surface area contributed by atoms with E-state index in [1.54, 1.807) is 7.11 Å². The van der Waals surface area contributed by atoms with Crippen LogP contribution < -0.4 is 5.32 Å². The second-order valence-electron chi connectivity index (χ2n) is 5.57. The van der Waals surface area contributed by atoms with Crippen molar-refractivity contribution in [3.05, 3.63) is 0 Å². The van der Waals surface area contributed by atoms with Crippen molar-refractivity contribution in [2.24, 2.45) is 5.41 Å². The lowest BCUT2D eigenvalue weighted by molar-refractivity contribution is 0.0617. The number of nitrogens with one attached hydrogen (secondary N) is 1. The minimum atomic E-state index is 0.373. The minimum absolute atomic E-state index is 0.373. The Kier molecular flexibility index (Phi) is 7.09. The Balaban J connectivity index is 2.31.